The molecule has 1 aromatic rings. The molecular formula is C16H25N3O. The van der Waals surface area contributed by atoms with Gasteiger partial charge in [0.15, 0.2) is 5.96 Å². The van der Waals surface area contributed by atoms with Gasteiger partial charge in [-0.1, -0.05) is 12.1 Å². The summed E-state index contributed by atoms with van der Waals surface area (Å²) >= 11 is 0. The Bertz CT molecular complexity index is 441. The number of nitrogens with zero attached hydrogens (tertiary/aromatic N) is 1. The molecule has 0 amide bonds. The van der Waals surface area contributed by atoms with E-state index in [9.17, 15) is 0 Å². The van der Waals surface area contributed by atoms with E-state index in [2.05, 4.69) is 34.7 Å². The molecule has 2 N–H and O–H groups in total. The number of nitrogens with one attached hydrogen (secondary N) is 2. The van der Waals surface area contributed by atoms with Crippen molar-refractivity contribution >= 4 is 5.96 Å². The largest absolute Gasteiger partial charge is 0.494 e. The van der Waals surface area contributed by atoms with Gasteiger partial charge in [-0.15, -0.1) is 0 Å². The molecule has 2 rings (SSSR count). The van der Waals surface area contributed by atoms with Crippen molar-refractivity contribution in [1.82, 2.24) is 10.6 Å². The second-order valence-electron chi connectivity index (χ2n) is 5.10. The minimum Gasteiger partial charge on any atom is -0.494 e. The van der Waals surface area contributed by atoms with Crippen LogP contribution in [0.5, 0.6) is 5.75 Å². The van der Waals surface area contributed by atoms with E-state index in [1.165, 1.54) is 18.4 Å². The topological polar surface area (TPSA) is 45.7 Å². The van der Waals surface area contributed by atoms with E-state index in [-0.39, 0.29) is 0 Å². The number of hydrogen-bond donors (Lipinski definition) is 2. The monoisotopic (exact) mass is 275 g/mol. The molecular weight excluding hydrogens is 250 g/mol. The van der Waals surface area contributed by atoms with Crippen molar-refractivity contribution in [3.05, 3.63) is 29.8 Å². The zero-order valence-corrected chi connectivity index (χ0v) is 12.5. The lowest BCUT2D eigenvalue weighted by Gasteiger charge is -2.11. The molecule has 0 unspecified atom stereocenters. The maximum Gasteiger partial charge on any atom is 0.191 e. The second-order valence-corrected chi connectivity index (χ2v) is 5.10. The molecule has 0 bridgehead atoms. The first-order chi connectivity index (χ1) is 9.81. The number of ether oxygens (including phenoxy) is 1. The summed E-state index contributed by atoms with van der Waals surface area (Å²) in [6.45, 7) is 7.36. The van der Waals surface area contributed by atoms with Crippen LogP contribution in [-0.4, -0.2) is 25.7 Å². The quantitative estimate of drug-likeness (QED) is 0.594. The van der Waals surface area contributed by atoms with Gasteiger partial charge in [0.1, 0.15) is 5.75 Å². The van der Waals surface area contributed by atoms with E-state index in [1.54, 1.807) is 0 Å². The van der Waals surface area contributed by atoms with Gasteiger partial charge in [0, 0.05) is 13.1 Å². The molecule has 4 nitrogen and oxygen atoms in total. The number of aliphatic imine (C=N–C) groups is 1. The maximum absolute atomic E-state index is 5.51. The average molecular weight is 275 g/mol. The van der Waals surface area contributed by atoms with E-state index in [1.807, 2.05) is 19.1 Å². The van der Waals surface area contributed by atoms with Gasteiger partial charge in [-0.3, -0.25) is 0 Å². The van der Waals surface area contributed by atoms with Crippen LogP contribution in [0.2, 0.25) is 0 Å². The number of benzene rings is 1. The first-order valence-corrected chi connectivity index (χ1v) is 7.55. The van der Waals surface area contributed by atoms with Gasteiger partial charge in [-0.05, 0) is 50.3 Å². The summed E-state index contributed by atoms with van der Waals surface area (Å²) in [6.07, 6.45) is 2.70. The third-order valence-corrected chi connectivity index (χ3v) is 3.23. The lowest BCUT2D eigenvalue weighted by atomic mass is 10.2. The molecule has 1 fully saturated rings. The Kier molecular flexibility index (Phi) is 5.71. The Labute approximate surface area is 121 Å². The molecule has 0 aliphatic heterocycles. The van der Waals surface area contributed by atoms with Crippen LogP contribution in [0.3, 0.4) is 0 Å². The molecule has 0 radical (unpaired) electrons. The van der Waals surface area contributed by atoms with Crippen molar-refractivity contribution in [2.75, 3.05) is 19.7 Å². The van der Waals surface area contributed by atoms with Crippen LogP contribution in [0.15, 0.2) is 29.3 Å². The van der Waals surface area contributed by atoms with Crippen LogP contribution in [0, 0.1) is 5.92 Å². The Hall–Kier alpha value is -1.71. The molecule has 1 aliphatic rings. The number of guanidine groups is 1. The van der Waals surface area contributed by atoms with Crippen molar-refractivity contribution in [3.8, 4) is 5.75 Å². The first-order valence-electron chi connectivity index (χ1n) is 7.55. The van der Waals surface area contributed by atoms with Crippen molar-refractivity contribution in [2.24, 2.45) is 10.9 Å². The Morgan fingerprint density at radius 1 is 1.30 bits per heavy atom. The summed E-state index contributed by atoms with van der Waals surface area (Å²) in [5.74, 6) is 2.66. The highest BCUT2D eigenvalue weighted by Gasteiger charge is 2.20. The van der Waals surface area contributed by atoms with E-state index in [0.717, 1.165) is 30.7 Å². The van der Waals surface area contributed by atoms with Crippen LogP contribution in [-0.2, 0) is 6.54 Å². The summed E-state index contributed by atoms with van der Waals surface area (Å²) in [5.41, 5.74) is 1.17. The van der Waals surface area contributed by atoms with Gasteiger partial charge in [0.25, 0.3) is 0 Å². The fourth-order valence-electron chi connectivity index (χ4n) is 1.98. The van der Waals surface area contributed by atoms with Gasteiger partial charge in [0.2, 0.25) is 0 Å². The standard InChI is InChI=1S/C16H25N3O/c1-3-17-16(18-11-13-8-9-13)19-12-14-6-5-7-15(10-14)20-4-2/h5-7,10,13H,3-4,8-9,11-12H2,1-2H3,(H2,17,18,19). The highest BCUT2D eigenvalue weighted by Crippen LogP contribution is 2.27. The average Bonchev–Trinajstić information content (AvgIpc) is 3.27. The summed E-state index contributed by atoms with van der Waals surface area (Å²) in [4.78, 5) is 4.62. The van der Waals surface area contributed by atoms with Gasteiger partial charge < -0.3 is 15.4 Å². The molecule has 20 heavy (non-hydrogen) atoms. The lowest BCUT2D eigenvalue weighted by molar-refractivity contribution is 0.340. The van der Waals surface area contributed by atoms with E-state index < -0.39 is 0 Å². The maximum atomic E-state index is 5.51. The fourth-order valence-corrected chi connectivity index (χ4v) is 1.98. The molecule has 1 aromatic carbocycles. The summed E-state index contributed by atoms with van der Waals surface area (Å²) in [7, 11) is 0. The Balaban J connectivity index is 1.90. The van der Waals surface area contributed by atoms with Gasteiger partial charge in [-0.25, -0.2) is 4.99 Å². The van der Waals surface area contributed by atoms with Crippen LogP contribution >= 0.6 is 0 Å². The third-order valence-electron chi connectivity index (χ3n) is 3.23. The van der Waals surface area contributed by atoms with Crippen LogP contribution in [0.1, 0.15) is 32.3 Å². The number of hydrogen-bond acceptors (Lipinski definition) is 2. The normalized spacial score (nSPS) is 15.0. The van der Waals surface area contributed by atoms with Gasteiger partial charge >= 0.3 is 0 Å². The minimum atomic E-state index is 0.668. The predicted molar refractivity (Wildman–Crippen MR) is 83.2 cm³/mol. The van der Waals surface area contributed by atoms with E-state index in [4.69, 9.17) is 4.74 Å². The first kappa shape index (κ1) is 14.7. The molecule has 0 saturated heterocycles. The van der Waals surface area contributed by atoms with Crippen molar-refractivity contribution in [1.29, 1.82) is 0 Å². The van der Waals surface area contributed by atoms with Crippen LogP contribution in [0.4, 0.5) is 0 Å². The molecule has 4 heteroatoms. The third kappa shape index (κ3) is 5.11. The van der Waals surface area contributed by atoms with E-state index >= 15 is 0 Å². The summed E-state index contributed by atoms with van der Waals surface area (Å²) < 4.78 is 5.51. The number of rotatable bonds is 7. The molecule has 1 aliphatic carbocycles. The minimum absolute atomic E-state index is 0.668. The molecule has 0 heterocycles. The van der Waals surface area contributed by atoms with Gasteiger partial charge in [-0.2, -0.15) is 0 Å². The van der Waals surface area contributed by atoms with E-state index in [0.29, 0.717) is 13.2 Å². The fraction of sp³-hybridized carbons (Fsp3) is 0.562. The van der Waals surface area contributed by atoms with Crippen LogP contribution < -0.4 is 15.4 Å². The lowest BCUT2D eigenvalue weighted by Crippen LogP contribution is -2.38. The van der Waals surface area contributed by atoms with Crippen molar-refractivity contribution in [2.45, 2.75) is 33.2 Å². The Morgan fingerprint density at radius 2 is 2.15 bits per heavy atom. The highest BCUT2D eigenvalue weighted by atomic mass is 16.5. The summed E-state index contributed by atoms with van der Waals surface area (Å²) in [6, 6.07) is 8.13. The highest BCUT2D eigenvalue weighted by molar-refractivity contribution is 5.79. The van der Waals surface area contributed by atoms with Crippen LogP contribution in [0.25, 0.3) is 0 Å². The second kappa shape index (κ2) is 7.78. The summed E-state index contributed by atoms with van der Waals surface area (Å²) in [5, 5.41) is 6.68. The van der Waals surface area contributed by atoms with Crippen molar-refractivity contribution in [3.63, 3.8) is 0 Å². The van der Waals surface area contributed by atoms with Gasteiger partial charge in [0.05, 0.1) is 13.2 Å². The molecule has 1 saturated carbocycles. The SMILES string of the molecule is CCNC(=NCc1cccc(OCC)c1)NCC1CC1. The Morgan fingerprint density at radius 3 is 2.85 bits per heavy atom. The molecule has 0 spiro atoms. The predicted octanol–water partition coefficient (Wildman–Crippen LogP) is 2.55. The smallest absolute Gasteiger partial charge is 0.191 e. The molecule has 0 aromatic heterocycles. The zero-order valence-electron chi connectivity index (χ0n) is 12.5. The molecule has 0 atom stereocenters. The zero-order chi connectivity index (χ0) is 14.2. The van der Waals surface area contributed by atoms with Crippen molar-refractivity contribution < 1.29 is 4.74 Å². The molecule has 110 valence electrons.